The highest BCUT2D eigenvalue weighted by Gasteiger charge is 2.19. The highest BCUT2D eigenvalue weighted by atomic mass is 35.5. The molecule has 7 nitrogen and oxygen atoms in total. The fraction of sp³-hybridized carbons (Fsp3) is 0.333. The fourth-order valence-electron chi connectivity index (χ4n) is 1.93. The van der Waals surface area contributed by atoms with Gasteiger partial charge in [-0.15, -0.1) is 11.3 Å². The number of hydrogen-bond donors (Lipinski definition) is 2. The molecular formula is C12H14ClN5O2S. The van der Waals surface area contributed by atoms with Crippen molar-refractivity contribution >= 4 is 50.8 Å². The number of aryl methyl sites for hydroxylation is 1. The summed E-state index contributed by atoms with van der Waals surface area (Å²) in [7, 11) is 0. The molecule has 0 spiro atoms. The van der Waals surface area contributed by atoms with Gasteiger partial charge in [0, 0.05) is 4.88 Å². The monoisotopic (exact) mass is 327 g/mol. The van der Waals surface area contributed by atoms with Gasteiger partial charge in [-0.1, -0.05) is 6.92 Å². The molecule has 0 aliphatic heterocycles. The van der Waals surface area contributed by atoms with E-state index in [1.165, 1.54) is 16.2 Å². The summed E-state index contributed by atoms with van der Waals surface area (Å²) < 4.78 is 0. The molecule has 0 unspecified atom stereocenters. The second-order valence-corrected chi connectivity index (χ2v) is 5.84. The van der Waals surface area contributed by atoms with E-state index in [0.29, 0.717) is 10.6 Å². The van der Waals surface area contributed by atoms with Crippen molar-refractivity contribution in [3.63, 3.8) is 0 Å². The molecule has 21 heavy (non-hydrogen) atoms. The fourth-order valence-corrected chi connectivity index (χ4v) is 3.10. The zero-order valence-corrected chi connectivity index (χ0v) is 12.9. The average molecular weight is 328 g/mol. The molecule has 0 atom stereocenters. The zero-order chi connectivity index (χ0) is 15.6. The number of nitrogens with two attached hydrogens (primary N) is 2. The number of carbonyl (C=O) groups excluding carboxylic acids is 2. The molecule has 2 aromatic rings. The maximum atomic E-state index is 11.2. The van der Waals surface area contributed by atoms with Gasteiger partial charge in [0.2, 0.25) is 17.1 Å². The van der Waals surface area contributed by atoms with Crippen molar-refractivity contribution < 1.29 is 9.59 Å². The predicted octanol–water partition coefficient (Wildman–Crippen LogP) is 0.684. The van der Waals surface area contributed by atoms with E-state index >= 15 is 0 Å². The highest BCUT2D eigenvalue weighted by Crippen LogP contribution is 2.32. The Kier molecular flexibility index (Phi) is 4.59. The first-order valence-electron chi connectivity index (χ1n) is 6.18. The summed E-state index contributed by atoms with van der Waals surface area (Å²) in [5.74, 6) is -0.797. The summed E-state index contributed by atoms with van der Waals surface area (Å²) in [5.41, 5.74) is 10.4. The van der Waals surface area contributed by atoms with Gasteiger partial charge in [0.25, 0.3) is 0 Å². The van der Waals surface area contributed by atoms with E-state index in [-0.39, 0.29) is 18.4 Å². The van der Waals surface area contributed by atoms with Crippen molar-refractivity contribution in [3.8, 4) is 0 Å². The normalized spacial score (nSPS) is 10.8. The quantitative estimate of drug-likeness (QED) is 0.757. The van der Waals surface area contributed by atoms with Crippen molar-refractivity contribution in [2.45, 2.75) is 13.3 Å². The zero-order valence-electron chi connectivity index (χ0n) is 11.3. The van der Waals surface area contributed by atoms with Gasteiger partial charge in [0.15, 0.2) is 0 Å². The molecule has 2 aromatic heterocycles. The van der Waals surface area contributed by atoms with Crippen molar-refractivity contribution in [2.24, 2.45) is 11.5 Å². The van der Waals surface area contributed by atoms with Gasteiger partial charge in [-0.2, -0.15) is 4.98 Å². The molecule has 0 bridgehead atoms. The van der Waals surface area contributed by atoms with Crippen LogP contribution in [0.25, 0.3) is 10.2 Å². The number of hydrogen-bond acceptors (Lipinski definition) is 6. The van der Waals surface area contributed by atoms with Gasteiger partial charge in [-0.3, -0.25) is 9.59 Å². The molecule has 4 N–H and O–H groups in total. The SMILES string of the molecule is CCc1cc2c(N(CC(N)=O)CC(N)=O)nc(Cl)nc2s1. The average Bonchev–Trinajstić information content (AvgIpc) is 2.78. The van der Waals surface area contributed by atoms with E-state index < -0.39 is 11.8 Å². The van der Waals surface area contributed by atoms with Gasteiger partial charge >= 0.3 is 0 Å². The van der Waals surface area contributed by atoms with Crippen LogP contribution in [0.1, 0.15) is 11.8 Å². The van der Waals surface area contributed by atoms with Crippen LogP contribution in [0.5, 0.6) is 0 Å². The van der Waals surface area contributed by atoms with E-state index in [1.54, 1.807) is 0 Å². The van der Waals surface area contributed by atoms with E-state index in [9.17, 15) is 9.59 Å². The summed E-state index contributed by atoms with van der Waals surface area (Å²) >= 11 is 7.41. The molecule has 2 amide bonds. The Morgan fingerprint density at radius 3 is 2.43 bits per heavy atom. The molecule has 2 heterocycles. The largest absolute Gasteiger partial charge is 0.368 e. The topological polar surface area (TPSA) is 115 Å². The van der Waals surface area contributed by atoms with Gasteiger partial charge in [-0.25, -0.2) is 4.98 Å². The van der Waals surface area contributed by atoms with Crippen LogP contribution in [0.2, 0.25) is 5.28 Å². The minimum Gasteiger partial charge on any atom is -0.368 e. The number of aromatic nitrogens is 2. The third kappa shape index (κ3) is 3.59. The van der Waals surface area contributed by atoms with Gasteiger partial charge in [0.1, 0.15) is 10.6 Å². The molecule has 0 radical (unpaired) electrons. The Morgan fingerprint density at radius 1 is 1.29 bits per heavy atom. The van der Waals surface area contributed by atoms with Crippen LogP contribution >= 0.6 is 22.9 Å². The molecule has 0 fully saturated rings. The van der Waals surface area contributed by atoms with Crippen LogP contribution in [0.15, 0.2) is 6.07 Å². The lowest BCUT2D eigenvalue weighted by atomic mass is 10.3. The number of fused-ring (bicyclic) bond motifs is 1. The van der Waals surface area contributed by atoms with Crippen molar-refractivity contribution in [1.82, 2.24) is 9.97 Å². The number of rotatable bonds is 6. The summed E-state index contributed by atoms with van der Waals surface area (Å²) in [6.07, 6.45) is 0.837. The molecule has 0 aliphatic rings. The lowest BCUT2D eigenvalue weighted by molar-refractivity contribution is -0.117. The Labute approximate surface area is 129 Å². The van der Waals surface area contributed by atoms with E-state index in [2.05, 4.69) is 9.97 Å². The third-order valence-corrected chi connectivity index (χ3v) is 4.08. The van der Waals surface area contributed by atoms with Crippen molar-refractivity contribution in [2.75, 3.05) is 18.0 Å². The highest BCUT2D eigenvalue weighted by molar-refractivity contribution is 7.18. The second-order valence-electron chi connectivity index (χ2n) is 4.39. The molecule has 112 valence electrons. The molecule has 0 aliphatic carbocycles. The number of halogens is 1. The minimum atomic E-state index is -0.593. The molecular weight excluding hydrogens is 314 g/mol. The summed E-state index contributed by atoms with van der Waals surface area (Å²) in [6, 6.07) is 1.92. The van der Waals surface area contributed by atoms with Gasteiger partial charge in [-0.05, 0) is 24.1 Å². The first-order valence-corrected chi connectivity index (χ1v) is 7.37. The number of nitrogens with zero attached hydrogens (tertiary/aromatic N) is 3. The van der Waals surface area contributed by atoms with Crippen molar-refractivity contribution in [1.29, 1.82) is 0 Å². The van der Waals surface area contributed by atoms with Crippen molar-refractivity contribution in [3.05, 3.63) is 16.2 Å². The summed E-state index contributed by atoms with van der Waals surface area (Å²) in [6.45, 7) is 1.66. The predicted molar refractivity (Wildman–Crippen MR) is 82.4 cm³/mol. The Morgan fingerprint density at radius 2 is 1.90 bits per heavy atom. The van der Waals surface area contributed by atoms with Crippen LogP contribution in [0, 0.1) is 0 Å². The third-order valence-electron chi connectivity index (χ3n) is 2.74. The van der Waals surface area contributed by atoms with Crippen LogP contribution in [0.4, 0.5) is 5.82 Å². The molecule has 2 rings (SSSR count). The second kappa shape index (κ2) is 6.23. The minimum absolute atomic E-state index is 0.0425. The summed E-state index contributed by atoms with van der Waals surface area (Å²) in [5, 5.41) is 0.768. The van der Waals surface area contributed by atoms with Crippen LogP contribution in [-0.2, 0) is 16.0 Å². The summed E-state index contributed by atoms with van der Waals surface area (Å²) in [4.78, 5) is 33.9. The number of carbonyl (C=O) groups is 2. The first kappa shape index (κ1) is 15.5. The van der Waals surface area contributed by atoms with Crippen LogP contribution in [0.3, 0.4) is 0 Å². The Hall–Kier alpha value is -1.93. The Bertz CT molecular complexity index is 686. The number of thiophene rings is 1. The first-order chi connectivity index (χ1) is 9.90. The van der Waals surface area contributed by atoms with E-state index in [1.807, 2.05) is 13.0 Å². The van der Waals surface area contributed by atoms with Gasteiger partial charge in [0.05, 0.1) is 18.5 Å². The lowest BCUT2D eigenvalue weighted by Gasteiger charge is -2.21. The maximum absolute atomic E-state index is 11.2. The van der Waals surface area contributed by atoms with Crippen LogP contribution < -0.4 is 16.4 Å². The smallest absolute Gasteiger partial charge is 0.237 e. The van der Waals surface area contributed by atoms with E-state index in [4.69, 9.17) is 23.1 Å². The van der Waals surface area contributed by atoms with E-state index in [0.717, 1.165) is 16.7 Å². The number of primary amides is 2. The van der Waals surface area contributed by atoms with Crippen LogP contribution in [-0.4, -0.2) is 34.9 Å². The standard InChI is InChI=1S/C12H14ClN5O2S/c1-2-6-3-7-10(16-12(13)17-11(7)21-6)18(4-8(14)19)5-9(15)20/h3H,2,4-5H2,1H3,(H2,14,19)(H2,15,20). The lowest BCUT2D eigenvalue weighted by Crippen LogP contribution is -2.40. The molecule has 9 heteroatoms. The number of anilines is 1. The van der Waals surface area contributed by atoms with Gasteiger partial charge < -0.3 is 16.4 Å². The maximum Gasteiger partial charge on any atom is 0.237 e. The molecule has 0 aromatic carbocycles. The Balaban J connectivity index is 2.56. The molecule has 0 saturated heterocycles. The number of amides is 2. The molecule has 0 saturated carbocycles.